The molecule has 0 unspecified atom stereocenters. The summed E-state index contributed by atoms with van der Waals surface area (Å²) in [5.41, 5.74) is 7.49. The Bertz CT molecular complexity index is 1160. The number of rotatable bonds is 7. The van der Waals surface area contributed by atoms with E-state index < -0.39 is 5.82 Å². The van der Waals surface area contributed by atoms with Gasteiger partial charge in [-0.05, 0) is 54.9 Å². The van der Waals surface area contributed by atoms with Crippen LogP contribution in [0, 0.1) is 5.82 Å². The third-order valence-corrected chi connectivity index (χ3v) is 4.84. The van der Waals surface area contributed by atoms with Gasteiger partial charge in [-0.1, -0.05) is 0 Å². The molecule has 0 aliphatic heterocycles. The van der Waals surface area contributed by atoms with E-state index in [1.54, 1.807) is 36.1 Å². The molecule has 3 heterocycles. The molecular weight excluding hydrogens is 444 g/mol. The molecule has 0 saturated carbocycles. The van der Waals surface area contributed by atoms with Crippen LogP contribution in [-0.2, 0) is 13.0 Å². The highest BCUT2D eigenvalue weighted by molar-refractivity contribution is 6.28. The van der Waals surface area contributed by atoms with Crippen molar-refractivity contribution in [1.82, 2.24) is 14.5 Å². The minimum Gasteiger partial charge on any atom is -0.497 e. The van der Waals surface area contributed by atoms with Crippen LogP contribution >= 0.6 is 24.0 Å². The fourth-order valence-corrected chi connectivity index (χ4v) is 3.53. The minimum absolute atomic E-state index is 0. The Balaban J connectivity index is 0.00000272. The molecule has 0 amide bonds. The first-order valence-electron chi connectivity index (χ1n) is 9.40. The van der Waals surface area contributed by atoms with Crippen LogP contribution in [0.3, 0.4) is 0 Å². The van der Waals surface area contributed by atoms with Crippen LogP contribution in [0.15, 0.2) is 47.1 Å². The molecule has 4 aromatic rings. The van der Waals surface area contributed by atoms with E-state index in [1.165, 1.54) is 0 Å². The zero-order valence-electron chi connectivity index (χ0n) is 16.9. The van der Waals surface area contributed by atoms with Crippen molar-refractivity contribution < 1.29 is 13.5 Å². The van der Waals surface area contributed by atoms with Gasteiger partial charge in [0.15, 0.2) is 11.5 Å². The molecule has 0 radical (unpaired) electrons. The maximum Gasteiger partial charge on any atom is 0.226 e. The minimum atomic E-state index is -0.434. The van der Waals surface area contributed by atoms with Crippen molar-refractivity contribution in [3.05, 3.63) is 65.2 Å². The zero-order valence-corrected chi connectivity index (χ0v) is 18.5. The molecular formula is C21H22Cl2FN5O2. The van der Waals surface area contributed by atoms with Crippen LogP contribution in [0.2, 0.25) is 5.28 Å². The van der Waals surface area contributed by atoms with E-state index in [4.69, 9.17) is 26.5 Å². The van der Waals surface area contributed by atoms with E-state index in [0.29, 0.717) is 41.5 Å². The highest BCUT2D eigenvalue weighted by Crippen LogP contribution is 2.33. The van der Waals surface area contributed by atoms with Gasteiger partial charge >= 0.3 is 0 Å². The van der Waals surface area contributed by atoms with Gasteiger partial charge in [0, 0.05) is 18.2 Å². The molecule has 4 rings (SSSR count). The number of hydrogen-bond donors (Lipinski definition) is 2. The van der Waals surface area contributed by atoms with Crippen molar-refractivity contribution >= 4 is 40.9 Å². The Morgan fingerprint density at radius 3 is 2.61 bits per heavy atom. The summed E-state index contributed by atoms with van der Waals surface area (Å²) < 4.78 is 27.9. The quantitative estimate of drug-likeness (QED) is 0.383. The first kappa shape index (κ1) is 22.9. The van der Waals surface area contributed by atoms with E-state index in [-0.39, 0.29) is 34.9 Å². The summed E-state index contributed by atoms with van der Waals surface area (Å²) in [5, 5.41) is 3.35. The van der Waals surface area contributed by atoms with Crippen LogP contribution in [0.1, 0.15) is 18.4 Å². The highest BCUT2D eigenvalue weighted by atomic mass is 35.5. The number of halogens is 3. The van der Waals surface area contributed by atoms with Crippen molar-refractivity contribution in [3.8, 4) is 11.4 Å². The molecule has 3 aromatic heterocycles. The van der Waals surface area contributed by atoms with Gasteiger partial charge < -0.3 is 20.2 Å². The van der Waals surface area contributed by atoms with Gasteiger partial charge in [0.2, 0.25) is 5.28 Å². The summed E-state index contributed by atoms with van der Waals surface area (Å²) in [4.78, 5) is 8.54. The maximum atomic E-state index is 15.7. The van der Waals surface area contributed by atoms with Crippen molar-refractivity contribution in [2.24, 2.45) is 5.73 Å². The number of nitrogens with two attached hydrogens (primary N) is 1. The van der Waals surface area contributed by atoms with E-state index in [1.807, 2.05) is 25.1 Å². The fraction of sp³-hybridized carbons (Fsp3) is 0.238. The van der Waals surface area contributed by atoms with E-state index >= 15 is 4.39 Å². The van der Waals surface area contributed by atoms with E-state index in [2.05, 4.69) is 15.3 Å². The van der Waals surface area contributed by atoms with Crippen molar-refractivity contribution in [1.29, 1.82) is 0 Å². The van der Waals surface area contributed by atoms with Crippen LogP contribution in [0.5, 0.6) is 5.75 Å². The summed E-state index contributed by atoms with van der Waals surface area (Å²) in [6.07, 6.45) is 1.88. The Kier molecular flexibility index (Phi) is 7.04. The Morgan fingerprint density at radius 1 is 1.26 bits per heavy atom. The second kappa shape index (κ2) is 9.55. The highest BCUT2D eigenvalue weighted by Gasteiger charge is 2.24. The average Bonchev–Trinajstić information content (AvgIpc) is 3.33. The number of hydrogen-bond acceptors (Lipinski definition) is 6. The predicted molar refractivity (Wildman–Crippen MR) is 121 cm³/mol. The van der Waals surface area contributed by atoms with Gasteiger partial charge in [-0.25, -0.2) is 4.39 Å². The Hall–Kier alpha value is -2.81. The first-order valence-corrected chi connectivity index (χ1v) is 9.78. The van der Waals surface area contributed by atoms with Crippen LogP contribution in [0.4, 0.5) is 10.2 Å². The molecule has 0 fully saturated rings. The first-order chi connectivity index (χ1) is 14.5. The monoisotopic (exact) mass is 465 g/mol. The molecule has 0 bridgehead atoms. The van der Waals surface area contributed by atoms with Crippen LogP contribution in [0.25, 0.3) is 16.7 Å². The lowest BCUT2D eigenvalue weighted by molar-refractivity contribution is 0.414. The van der Waals surface area contributed by atoms with E-state index in [9.17, 15) is 0 Å². The molecule has 10 heteroatoms. The molecule has 31 heavy (non-hydrogen) atoms. The number of fused-ring (bicyclic) bond motifs is 1. The van der Waals surface area contributed by atoms with Crippen molar-refractivity contribution in [2.75, 3.05) is 12.4 Å². The predicted octanol–water partition coefficient (Wildman–Crippen LogP) is 4.74. The number of nitrogens with zero attached hydrogens (tertiary/aromatic N) is 3. The number of furan rings is 1. The number of aromatic nitrogens is 3. The summed E-state index contributed by atoms with van der Waals surface area (Å²) in [6.45, 7) is 2.15. The van der Waals surface area contributed by atoms with Crippen molar-refractivity contribution in [3.63, 3.8) is 0 Å². The summed E-state index contributed by atoms with van der Waals surface area (Å²) in [6, 6.07) is 10.6. The molecule has 7 nitrogen and oxygen atoms in total. The molecule has 0 aliphatic carbocycles. The summed E-state index contributed by atoms with van der Waals surface area (Å²) in [5.74, 6) is 1.23. The topological polar surface area (TPSA) is 91.1 Å². The Morgan fingerprint density at radius 2 is 2.00 bits per heavy atom. The second-order valence-electron chi connectivity index (χ2n) is 6.95. The largest absolute Gasteiger partial charge is 0.497 e. The number of anilines is 1. The molecule has 1 aromatic carbocycles. The fourth-order valence-electron chi connectivity index (χ4n) is 3.36. The normalized spacial score (nSPS) is 11.9. The van der Waals surface area contributed by atoms with Gasteiger partial charge in [0.1, 0.15) is 17.3 Å². The lowest BCUT2D eigenvalue weighted by Crippen LogP contribution is -2.20. The summed E-state index contributed by atoms with van der Waals surface area (Å²) >= 11 is 6.19. The number of methoxy groups -OCH3 is 1. The third-order valence-electron chi connectivity index (χ3n) is 4.67. The van der Waals surface area contributed by atoms with Gasteiger partial charge in [-0.3, -0.25) is 4.57 Å². The average molecular weight is 466 g/mol. The second-order valence-corrected chi connectivity index (χ2v) is 7.29. The molecule has 1 atom stereocenters. The third kappa shape index (κ3) is 4.61. The number of nitrogens with one attached hydrogen (secondary N) is 1. The molecule has 0 spiro atoms. The van der Waals surface area contributed by atoms with Gasteiger partial charge in [-0.2, -0.15) is 9.97 Å². The van der Waals surface area contributed by atoms with E-state index in [0.717, 1.165) is 0 Å². The lowest BCUT2D eigenvalue weighted by atomic mass is 10.1. The van der Waals surface area contributed by atoms with Gasteiger partial charge in [0.25, 0.3) is 0 Å². The standard InChI is InChI=1S/C21H21ClFN5O2.ClH/c1-12(24)10-16-18(23)17-19(25-11-15-4-3-9-30-15)26-21(22)27-20(17)28(16)13-5-7-14(29-2)8-6-13;/h3-9,12H,10-11,24H2,1-2H3,(H,25,26,27);1H/t12-;/m0./s1. The lowest BCUT2D eigenvalue weighted by Gasteiger charge is -2.12. The SMILES string of the molecule is COc1ccc(-n2c(C[C@H](C)N)c(F)c3c(NCc4ccco4)nc(Cl)nc32)cc1.Cl. The number of ether oxygens (including phenoxy) is 1. The molecule has 0 saturated heterocycles. The molecule has 3 N–H and O–H groups in total. The van der Waals surface area contributed by atoms with Gasteiger partial charge in [0.05, 0.1) is 31.0 Å². The summed E-state index contributed by atoms with van der Waals surface area (Å²) in [7, 11) is 1.59. The molecule has 0 aliphatic rings. The van der Waals surface area contributed by atoms with Crippen LogP contribution in [-0.4, -0.2) is 27.7 Å². The van der Waals surface area contributed by atoms with Crippen LogP contribution < -0.4 is 15.8 Å². The molecule has 164 valence electrons. The zero-order chi connectivity index (χ0) is 21.3. The smallest absolute Gasteiger partial charge is 0.226 e. The number of benzene rings is 1. The Labute approximate surface area is 189 Å². The van der Waals surface area contributed by atoms with Gasteiger partial charge in [-0.15, -0.1) is 12.4 Å². The maximum absolute atomic E-state index is 15.7. The van der Waals surface area contributed by atoms with Crippen molar-refractivity contribution in [2.45, 2.75) is 25.9 Å².